The van der Waals surface area contributed by atoms with Crippen molar-refractivity contribution in [1.82, 2.24) is 56.8 Å². The molecule has 1 aliphatic carbocycles. The number of allylic oxidation sites excluding steroid dienone is 2. The van der Waals surface area contributed by atoms with Gasteiger partial charge in [0.15, 0.2) is 0 Å². The van der Waals surface area contributed by atoms with Crippen LogP contribution in [0.5, 0.6) is 0 Å². The molecule has 2 aliphatic heterocycles. The first-order valence-electron chi connectivity index (χ1n) is 34.6. The number of primary amides is 2. The smallest absolute Gasteiger partial charge is 0.379 e. The number of likely N-dealkylation sites (N-methyl/N-ethyl adjacent to an activating group) is 2. The largest absolute Gasteiger partial charge is 0.404 e. The van der Waals surface area contributed by atoms with Crippen LogP contribution in [-0.2, 0) is 59.0 Å². The SMILES string of the molecule is CC[C@H](C)[C@@H]([C@@H](CC(=O)N1CCC[C@H]1[C@H](OC)[C@@H](C)C(=O)N[C@@H](Cc1ccccc1)C(=O)NCC1(C)C=CC(NC(=O)[C@H](CCCNC(N)=O)NC(=O)[C@@H](NC(=O)CCCN2CC[C@H](C(N)=O)C[C@@H]2C(F)(F)F)C(C)C)=CC1)OC)N(C)C(=O)[C@@H](NC(=O)[C@H](C(C)C)N(C)C)C(C)C. The van der Waals surface area contributed by atoms with Crippen LogP contribution < -0.4 is 48.7 Å². The molecular weight excluding hydrogens is 1270 g/mol. The van der Waals surface area contributed by atoms with Gasteiger partial charge in [-0.2, -0.15) is 13.2 Å². The highest BCUT2D eigenvalue weighted by molar-refractivity contribution is 5.93. The number of amides is 11. The number of benzene rings is 1. The highest BCUT2D eigenvalue weighted by Crippen LogP contribution is 2.35. The van der Waals surface area contributed by atoms with Gasteiger partial charge in [-0.05, 0) is 114 Å². The van der Waals surface area contributed by atoms with Crippen LogP contribution in [0, 0.1) is 40.9 Å². The Labute approximate surface area is 577 Å². The summed E-state index contributed by atoms with van der Waals surface area (Å²) in [4.78, 5) is 143. The van der Waals surface area contributed by atoms with Gasteiger partial charge in [0.05, 0.1) is 42.7 Å². The van der Waals surface area contributed by atoms with Crippen LogP contribution in [0.4, 0.5) is 18.0 Å². The first-order chi connectivity index (χ1) is 46.0. The Morgan fingerprint density at radius 1 is 0.755 bits per heavy atom. The Balaban J connectivity index is 1.43. The van der Waals surface area contributed by atoms with Gasteiger partial charge in [-0.15, -0.1) is 0 Å². The van der Waals surface area contributed by atoms with Gasteiger partial charge >= 0.3 is 12.2 Å². The van der Waals surface area contributed by atoms with Crippen molar-refractivity contribution < 1.29 is 70.6 Å². The Bertz CT molecular complexity index is 2890. The molecule has 98 heavy (non-hydrogen) atoms. The van der Waals surface area contributed by atoms with Crippen LogP contribution >= 0.6 is 0 Å². The lowest BCUT2D eigenvalue weighted by Crippen LogP contribution is -2.59. The number of rotatable bonds is 38. The van der Waals surface area contributed by atoms with Gasteiger partial charge in [-0.25, -0.2) is 4.79 Å². The van der Waals surface area contributed by atoms with Crippen molar-refractivity contribution in [3.63, 3.8) is 0 Å². The summed E-state index contributed by atoms with van der Waals surface area (Å²) >= 11 is 0. The van der Waals surface area contributed by atoms with E-state index in [4.69, 9.17) is 20.9 Å². The summed E-state index contributed by atoms with van der Waals surface area (Å²) in [6, 6.07) is 0.796. The third-order valence-electron chi connectivity index (χ3n) is 19.5. The maximum atomic E-state index is 14.7. The topological polar surface area (TPSA) is 338 Å². The summed E-state index contributed by atoms with van der Waals surface area (Å²) < 4.78 is 54.1. The van der Waals surface area contributed by atoms with Gasteiger partial charge in [0, 0.05) is 70.8 Å². The van der Waals surface area contributed by atoms with Gasteiger partial charge in [-0.3, -0.25) is 53.0 Å². The number of methoxy groups -OCH3 is 2. The van der Waals surface area contributed by atoms with Crippen molar-refractivity contribution in [2.24, 2.45) is 52.4 Å². The molecule has 0 bridgehead atoms. The Kier molecular flexibility index (Phi) is 33.1. The maximum absolute atomic E-state index is 14.7. The molecule has 3 aliphatic rings. The van der Waals surface area contributed by atoms with Crippen LogP contribution in [0.2, 0.25) is 0 Å². The van der Waals surface area contributed by atoms with E-state index in [2.05, 4.69) is 37.2 Å². The zero-order valence-electron chi connectivity index (χ0n) is 60.4. The second-order valence-corrected chi connectivity index (χ2v) is 28.4. The Hall–Kier alpha value is -7.17. The number of hydrogen-bond donors (Lipinski definition) is 9. The number of ether oxygens (including phenoxy) is 2. The fourth-order valence-corrected chi connectivity index (χ4v) is 13.6. The van der Waals surface area contributed by atoms with Crippen LogP contribution in [0.1, 0.15) is 145 Å². The minimum Gasteiger partial charge on any atom is -0.379 e. The predicted octanol–water partition coefficient (Wildman–Crippen LogP) is 4.43. The molecule has 0 saturated carbocycles. The molecule has 2 saturated heterocycles. The number of nitrogens with zero attached hydrogens (tertiary/aromatic N) is 4. The summed E-state index contributed by atoms with van der Waals surface area (Å²) in [7, 11) is 8.36. The number of urea groups is 1. The molecule has 28 heteroatoms. The zero-order chi connectivity index (χ0) is 73.5. The fraction of sp³-hybridized carbons (Fsp3) is 0.714. The number of carbonyl (C=O) groups excluding carboxylic acids is 10. The van der Waals surface area contributed by atoms with Crippen molar-refractivity contribution in [3.8, 4) is 0 Å². The number of halogens is 3. The standard InChI is InChI=1S/C70H114F3N13O12/c1-16-44(8)59(84(13)67(95)57(42(4)5)82-66(94)58(43(6)7)83(11)12)52(97-14)39-55(88)86-35-21-26-51(86)60(98-15)45(9)62(90)80-50(37-46-23-18-17-19-24-46)63(91)77-40-69(10)31-28-48(29-32-69)78-64(92)49(25-20-33-76-68(75)96)79-65(93)56(41(2)3)81-54(87)27-22-34-85-36-30-47(61(74)89)38-53(85)70(71,72)73/h17-19,23-24,28-29,31,41-45,47,49-53,56-60H,16,20-22,25-27,30,32-40H2,1-15H3,(H2,74,89)(H,77,91)(H,78,92)(H,79,93)(H,80,90)(H,81,87)(H,82,94)(H3,75,76,96)/t44-,45+,47-,49-,50-,51-,52+,53+,56-,57-,58-,59-,60+,69?/m0/s1. The summed E-state index contributed by atoms with van der Waals surface area (Å²) in [6.45, 7) is 19.1. The molecule has 0 aromatic heterocycles. The van der Waals surface area contributed by atoms with E-state index in [-0.39, 0.29) is 107 Å². The number of nitrogens with two attached hydrogens (primary N) is 2. The van der Waals surface area contributed by atoms with Crippen molar-refractivity contribution >= 4 is 59.2 Å². The molecule has 11 N–H and O–H groups in total. The van der Waals surface area contributed by atoms with E-state index in [0.29, 0.717) is 37.9 Å². The minimum absolute atomic E-state index is 0.0142. The number of hydrogen-bond acceptors (Lipinski definition) is 14. The highest BCUT2D eigenvalue weighted by Gasteiger charge is 2.48. The normalized spacial score (nSPS) is 21.3. The molecule has 14 atom stereocenters. The maximum Gasteiger partial charge on any atom is 0.404 e. The van der Waals surface area contributed by atoms with E-state index in [1.165, 1.54) is 19.1 Å². The summed E-state index contributed by atoms with van der Waals surface area (Å²) in [5.41, 5.74) is 11.1. The molecule has 1 unspecified atom stereocenters. The van der Waals surface area contributed by atoms with Crippen molar-refractivity contribution in [1.29, 1.82) is 0 Å². The molecular formula is C70H114F3N13O12. The van der Waals surface area contributed by atoms with Gasteiger partial charge in [0.1, 0.15) is 30.2 Å². The van der Waals surface area contributed by atoms with Crippen LogP contribution in [0.3, 0.4) is 0 Å². The van der Waals surface area contributed by atoms with E-state index in [9.17, 15) is 61.1 Å². The van der Waals surface area contributed by atoms with Crippen LogP contribution in [0.25, 0.3) is 0 Å². The zero-order valence-corrected chi connectivity index (χ0v) is 60.4. The van der Waals surface area contributed by atoms with Gasteiger partial charge in [0.2, 0.25) is 53.2 Å². The van der Waals surface area contributed by atoms with E-state index in [0.717, 1.165) is 5.56 Å². The van der Waals surface area contributed by atoms with Crippen molar-refractivity contribution in [2.75, 3.05) is 68.1 Å². The third kappa shape index (κ3) is 24.6. The predicted molar refractivity (Wildman–Crippen MR) is 366 cm³/mol. The Morgan fingerprint density at radius 2 is 1.41 bits per heavy atom. The highest BCUT2D eigenvalue weighted by atomic mass is 19.4. The average molecular weight is 1390 g/mol. The van der Waals surface area contributed by atoms with Crippen molar-refractivity contribution in [2.45, 2.75) is 213 Å². The molecule has 0 spiro atoms. The third-order valence-corrected chi connectivity index (χ3v) is 19.5. The lowest BCUT2D eigenvalue weighted by atomic mass is 9.83. The molecule has 11 amide bonds. The molecule has 2 heterocycles. The molecule has 1 aromatic carbocycles. The van der Waals surface area contributed by atoms with E-state index in [1.54, 1.807) is 49.8 Å². The lowest BCUT2D eigenvalue weighted by molar-refractivity contribution is -0.195. The number of likely N-dealkylation sites (tertiary alicyclic amines) is 2. The van der Waals surface area contributed by atoms with Crippen molar-refractivity contribution in [3.05, 3.63) is 59.8 Å². The van der Waals surface area contributed by atoms with E-state index in [1.807, 2.05) is 104 Å². The number of alkyl halides is 3. The van der Waals surface area contributed by atoms with Gasteiger partial charge in [-0.1, -0.05) is 118 Å². The minimum atomic E-state index is -4.61. The molecule has 2 fully saturated rings. The van der Waals surface area contributed by atoms with Gasteiger partial charge in [0.25, 0.3) is 0 Å². The molecule has 4 rings (SSSR count). The summed E-state index contributed by atoms with van der Waals surface area (Å²) in [5.74, 6) is -7.03. The second kappa shape index (κ2) is 39.0. The number of piperidine rings is 1. The quantitative estimate of drug-likeness (QED) is 0.0414. The molecule has 1 aromatic rings. The summed E-state index contributed by atoms with van der Waals surface area (Å²) in [5, 5.41) is 19.8. The number of nitrogens with one attached hydrogen (secondary N) is 7. The van der Waals surface area contributed by atoms with E-state index >= 15 is 0 Å². The first-order valence-corrected chi connectivity index (χ1v) is 34.6. The van der Waals surface area contributed by atoms with Crippen LogP contribution in [0.15, 0.2) is 54.3 Å². The monoisotopic (exact) mass is 1390 g/mol. The Morgan fingerprint density at radius 3 is 1.96 bits per heavy atom. The number of carbonyl (C=O) groups is 10. The lowest BCUT2D eigenvalue weighted by Gasteiger charge is -2.41. The first kappa shape index (κ1) is 83.3. The van der Waals surface area contributed by atoms with Gasteiger partial charge < -0.3 is 68.0 Å². The van der Waals surface area contributed by atoms with Crippen LogP contribution in [-0.4, -0.2) is 214 Å². The molecule has 0 radical (unpaired) electrons. The molecule has 25 nitrogen and oxygen atoms in total. The molecule has 552 valence electrons. The van der Waals surface area contributed by atoms with E-state index < -0.39 is 138 Å². The second-order valence-electron chi connectivity index (χ2n) is 28.4. The average Bonchev–Trinajstić information content (AvgIpc) is 1.26. The fourth-order valence-electron chi connectivity index (χ4n) is 13.6. The summed E-state index contributed by atoms with van der Waals surface area (Å²) in [6.07, 6.45) is 1.10.